The van der Waals surface area contributed by atoms with Gasteiger partial charge >= 0.3 is 5.97 Å². The summed E-state index contributed by atoms with van der Waals surface area (Å²) in [6.07, 6.45) is 0. The lowest BCUT2D eigenvalue weighted by Crippen LogP contribution is -2.54. The number of rotatable bonds is 6. The molecule has 0 aliphatic carbocycles. The van der Waals surface area contributed by atoms with Gasteiger partial charge < -0.3 is 5.11 Å². The highest BCUT2D eigenvalue weighted by Gasteiger charge is 2.31. The van der Waals surface area contributed by atoms with Crippen LogP contribution in [-0.4, -0.2) is 53.1 Å². The van der Waals surface area contributed by atoms with E-state index >= 15 is 0 Å². The topological polar surface area (TPSA) is 43.8 Å². The first-order chi connectivity index (χ1) is 14.6. The first kappa shape index (κ1) is 20.3. The first-order valence-electron chi connectivity index (χ1n) is 10.5. The van der Waals surface area contributed by atoms with E-state index in [9.17, 15) is 9.90 Å². The van der Waals surface area contributed by atoms with Crippen molar-refractivity contribution >= 4 is 5.97 Å². The van der Waals surface area contributed by atoms with E-state index < -0.39 is 5.97 Å². The van der Waals surface area contributed by atoms with Gasteiger partial charge in [0.15, 0.2) is 0 Å². The minimum atomic E-state index is -0.759. The Morgan fingerprint density at radius 1 is 0.900 bits per heavy atom. The molecule has 1 N–H and O–H groups in total. The van der Waals surface area contributed by atoms with E-state index in [0.717, 1.165) is 19.6 Å². The molecule has 0 aromatic heterocycles. The highest BCUT2D eigenvalue weighted by molar-refractivity contribution is 5.69. The standard InChI is InChI=1S/C26H28N2O2/c1-20-18-28(16-15-27(20)19-25(29)30)26(22-11-6-3-7-12-22)24-14-8-13-23(17-24)21-9-4-2-5-10-21/h2-14,17,20,26H,15-16,18-19H2,1H3,(H,29,30). The molecule has 0 spiro atoms. The Kier molecular flexibility index (Phi) is 6.26. The average molecular weight is 401 g/mol. The lowest BCUT2D eigenvalue weighted by atomic mass is 9.93. The minimum absolute atomic E-state index is 0.106. The molecule has 30 heavy (non-hydrogen) atoms. The summed E-state index contributed by atoms with van der Waals surface area (Å²) in [5, 5.41) is 9.20. The van der Waals surface area contributed by atoms with Crippen molar-refractivity contribution < 1.29 is 9.90 Å². The van der Waals surface area contributed by atoms with Gasteiger partial charge in [-0.3, -0.25) is 14.6 Å². The monoisotopic (exact) mass is 400 g/mol. The minimum Gasteiger partial charge on any atom is -0.480 e. The van der Waals surface area contributed by atoms with Gasteiger partial charge in [-0.2, -0.15) is 0 Å². The predicted molar refractivity (Wildman–Crippen MR) is 120 cm³/mol. The number of carbonyl (C=O) groups is 1. The third kappa shape index (κ3) is 4.61. The summed E-state index contributed by atoms with van der Waals surface area (Å²) in [6.45, 7) is 4.66. The van der Waals surface area contributed by atoms with Gasteiger partial charge in [0.1, 0.15) is 0 Å². The Bertz CT molecular complexity index is 975. The number of nitrogens with zero attached hydrogens (tertiary/aromatic N) is 2. The molecule has 2 atom stereocenters. The molecule has 1 aliphatic rings. The molecule has 0 radical (unpaired) electrons. The molecule has 1 fully saturated rings. The quantitative estimate of drug-likeness (QED) is 0.660. The highest BCUT2D eigenvalue weighted by Crippen LogP contribution is 2.33. The van der Waals surface area contributed by atoms with Crippen molar-refractivity contribution in [2.75, 3.05) is 26.2 Å². The number of hydrogen-bond acceptors (Lipinski definition) is 3. The second-order valence-electron chi connectivity index (χ2n) is 8.01. The normalized spacial score (nSPS) is 18.8. The molecule has 3 aromatic rings. The largest absolute Gasteiger partial charge is 0.480 e. The van der Waals surface area contributed by atoms with E-state index in [1.54, 1.807) is 0 Å². The fraction of sp³-hybridized carbons (Fsp3) is 0.269. The van der Waals surface area contributed by atoms with Crippen LogP contribution in [0.3, 0.4) is 0 Å². The van der Waals surface area contributed by atoms with E-state index in [1.807, 2.05) is 12.1 Å². The molecule has 0 bridgehead atoms. The summed E-state index contributed by atoms with van der Waals surface area (Å²) in [5.74, 6) is -0.759. The van der Waals surface area contributed by atoms with E-state index in [1.165, 1.54) is 22.3 Å². The summed E-state index contributed by atoms with van der Waals surface area (Å²) in [6, 6.07) is 30.2. The highest BCUT2D eigenvalue weighted by atomic mass is 16.4. The zero-order chi connectivity index (χ0) is 20.9. The predicted octanol–water partition coefficient (Wildman–Crippen LogP) is 4.53. The SMILES string of the molecule is CC1CN(C(c2ccccc2)c2cccc(-c3ccccc3)c2)CCN1CC(=O)O. The van der Waals surface area contributed by atoms with Crippen LogP contribution < -0.4 is 0 Å². The number of hydrogen-bond donors (Lipinski definition) is 1. The molecule has 4 rings (SSSR count). The van der Waals surface area contributed by atoms with E-state index in [4.69, 9.17) is 0 Å². The Hall–Kier alpha value is -2.95. The average Bonchev–Trinajstić information content (AvgIpc) is 2.77. The van der Waals surface area contributed by atoms with Crippen molar-refractivity contribution in [2.45, 2.75) is 19.0 Å². The number of piperazine rings is 1. The number of carboxylic acids is 1. The lowest BCUT2D eigenvalue weighted by Gasteiger charge is -2.43. The van der Waals surface area contributed by atoms with Crippen LogP contribution in [-0.2, 0) is 4.79 Å². The van der Waals surface area contributed by atoms with Crippen LogP contribution >= 0.6 is 0 Å². The smallest absolute Gasteiger partial charge is 0.317 e. The van der Waals surface area contributed by atoms with Crippen molar-refractivity contribution in [1.29, 1.82) is 0 Å². The van der Waals surface area contributed by atoms with Gasteiger partial charge in [-0.1, -0.05) is 78.9 Å². The molecular formula is C26H28N2O2. The van der Waals surface area contributed by atoms with Crippen molar-refractivity contribution in [3.63, 3.8) is 0 Å². The summed E-state index contributed by atoms with van der Waals surface area (Å²) in [4.78, 5) is 15.7. The van der Waals surface area contributed by atoms with Gasteiger partial charge in [-0.05, 0) is 35.2 Å². The molecular weight excluding hydrogens is 372 g/mol. The fourth-order valence-corrected chi connectivity index (χ4v) is 4.43. The third-order valence-electron chi connectivity index (χ3n) is 5.92. The molecule has 3 aromatic carbocycles. The van der Waals surface area contributed by atoms with E-state index in [0.29, 0.717) is 0 Å². The van der Waals surface area contributed by atoms with Crippen molar-refractivity contribution in [2.24, 2.45) is 0 Å². The second-order valence-corrected chi connectivity index (χ2v) is 8.01. The van der Waals surface area contributed by atoms with Gasteiger partial charge in [0, 0.05) is 25.7 Å². The Morgan fingerprint density at radius 2 is 1.53 bits per heavy atom. The summed E-state index contributed by atoms with van der Waals surface area (Å²) >= 11 is 0. The number of carboxylic acid groups (broad SMARTS) is 1. The molecule has 4 nitrogen and oxygen atoms in total. The van der Waals surface area contributed by atoms with Crippen LogP contribution in [0.15, 0.2) is 84.9 Å². The molecule has 0 saturated carbocycles. The first-order valence-corrected chi connectivity index (χ1v) is 10.5. The second kappa shape index (κ2) is 9.24. The molecule has 1 heterocycles. The number of aliphatic carboxylic acids is 1. The molecule has 0 amide bonds. The summed E-state index contributed by atoms with van der Waals surface area (Å²) < 4.78 is 0. The van der Waals surface area contributed by atoms with Crippen molar-refractivity contribution in [3.8, 4) is 11.1 Å². The van der Waals surface area contributed by atoms with Gasteiger partial charge in [0.2, 0.25) is 0 Å². The summed E-state index contributed by atoms with van der Waals surface area (Å²) in [5.41, 5.74) is 4.96. The molecule has 1 saturated heterocycles. The summed E-state index contributed by atoms with van der Waals surface area (Å²) in [7, 11) is 0. The Labute approximate surface area is 178 Å². The van der Waals surface area contributed by atoms with Crippen molar-refractivity contribution in [3.05, 3.63) is 96.1 Å². The molecule has 2 unspecified atom stereocenters. The van der Waals surface area contributed by atoms with Gasteiger partial charge in [-0.25, -0.2) is 0 Å². The van der Waals surface area contributed by atoms with Crippen LogP contribution in [0.4, 0.5) is 0 Å². The molecule has 4 heteroatoms. The molecule has 154 valence electrons. The van der Waals surface area contributed by atoms with Crippen molar-refractivity contribution in [1.82, 2.24) is 9.80 Å². The fourth-order valence-electron chi connectivity index (χ4n) is 4.43. The zero-order valence-electron chi connectivity index (χ0n) is 17.3. The number of benzene rings is 3. The van der Waals surface area contributed by atoms with Gasteiger partial charge in [0.05, 0.1) is 12.6 Å². The molecule has 1 aliphatic heterocycles. The third-order valence-corrected chi connectivity index (χ3v) is 5.92. The van der Waals surface area contributed by atoms with Gasteiger partial charge in [0.25, 0.3) is 0 Å². The lowest BCUT2D eigenvalue weighted by molar-refractivity contribution is -0.139. The maximum absolute atomic E-state index is 11.2. The zero-order valence-corrected chi connectivity index (χ0v) is 17.3. The maximum atomic E-state index is 11.2. The van der Waals surface area contributed by atoms with E-state index in [-0.39, 0.29) is 18.6 Å². The van der Waals surface area contributed by atoms with Crippen LogP contribution in [0, 0.1) is 0 Å². The Morgan fingerprint density at radius 3 is 2.20 bits per heavy atom. The maximum Gasteiger partial charge on any atom is 0.317 e. The van der Waals surface area contributed by atoms with Crippen LogP contribution in [0.2, 0.25) is 0 Å². The van der Waals surface area contributed by atoms with Crippen LogP contribution in [0.1, 0.15) is 24.1 Å². The van der Waals surface area contributed by atoms with Gasteiger partial charge in [-0.15, -0.1) is 0 Å². The van der Waals surface area contributed by atoms with Crippen LogP contribution in [0.5, 0.6) is 0 Å². The van der Waals surface area contributed by atoms with E-state index in [2.05, 4.69) is 89.5 Å². The van der Waals surface area contributed by atoms with Crippen LogP contribution in [0.25, 0.3) is 11.1 Å². The Balaban J connectivity index is 1.66.